The Morgan fingerprint density at radius 3 is 2.25 bits per heavy atom. The van der Waals surface area contributed by atoms with E-state index in [1.165, 1.54) is 13.2 Å². The van der Waals surface area contributed by atoms with Gasteiger partial charge in [0, 0.05) is 23.0 Å². The summed E-state index contributed by atoms with van der Waals surface area (Å²) >= 11 is 0. The van der Waals surface area contributed by atoms with Gasteiger partial charge in [0.25, 0.3) is 0 Å². The van der Waals surface area contributed by atoms with Gasteiger partial charge >= 0.3 is 11.9 Å². The minimum atomic E-state index is -0.749. The molecule has 0 aliphatic carbocycles. The molecule has 1 atom stereocenters. The molecule has 0 saturated heterocycles. The van der Waals surface area contributed by atoms with E-state index in [-0.39, 0.29) is 5.43 Å². The van der Waals surface area contributed by atoms with Crippen LogP contribution in [0.25, 0.3) is 22.3 Å². The molecule has 1 aliphatic heterocycles. The minimum Gasteiger partial charge on any atom is -0.466 e. The van der Waals surface area contributed by atoms with Gasteiger partial charge in [-0.1, -0.05) is 30.3 Å². The zero-order valence-corrected chi connectivity index (χ0v) is 21.2. The monoisotopic (exact) mass is 487 g/mol. The van der Waals surface area contributed by atoms with Crippen LogP contribution >= 0.6 is 0 Å². The van der Waals surface area contributed by atoms with Crippen molar-refractivity contribution in [2.24, 2.45) is 0 Å². The third kappa shape index (κ3) is 4.82. The zero-order valence-electron chi connectivity index (χ0n) is 21.2. The number of rotatable bonds is 4. The number of hydrogen-bond donors (Lipinski definition) is 1. The maximum Gasteiger partial charge on any atom is 0.337 e. The van der Waals surface area contributed by atoms with Crippen LogP contribution in [0.1, 0.15) is 46.1 Å². The highest BCUT2D eigenvalue weighted by atomic mass is 16.6. The number of ether oxygens (including phenoxy) is 2. The molecule has 4 rings (SSSR count). The van der Waals surface area contributed by atoms with E-state index < -0.39 is 23.5 Å². The van der Waals surface area contributed by atoms with E-state index in [9.17, 15) is 14.4 Å². The first-order valence-electron chi connectivity index (χ1n) is 11.6. The zero-order chi connectivity index (χ0) is 26.2. The van der Waals surface area contributed by atoms with E-state index >= 15 is 0 Å². The van der Waals surface area contributed by atoms with Crippen LogP contribution in [0.5, 0.6) is 0 Å². The predicted molar refractivity (Wildman–Crippen MR) is 137 cm³/mol. The first-order chi connectivity index (χ1) is 17.0. The summed E-state index contributed by atoms with van der Waals surface area (Å²) in [6, 6.07) is 15.7. The highest BCUT2D eigenvalue weighted by Crippen LogP contribution is 2.40. The van der Waals surface area contributed by atoms with Crippen molar-refractivity contribution < 1.29 is 23.5 Å². The lowest BCUT2D eigenvalue weighted by molar-refractivity contribution is -0.150. The van der Waals surface area contributed by atoms with E-state index in [1.807, 2.05) is 18.2 Å². The van der Waals surface area contributed by atoms with Crippen LogP contribution in [0.4, 0.5) is 0 Å². The Morgan fingerprint density at radius 1 is 0.917 bits per heavy atom. The maximum atomic E-state index is 13.4. The number of hydrogen-bond acceptors (Lipinski definition) is 7. The highest BCUT2D eigenvalue weighted by molar-refractivity contribution is 6.00. The summed E-state index contributed by atoms with van der Waals surface area (Å²) < 4.78 is 16.8. The Labute approximate surface area is 209 Å². The summed E-state index contributed by atoms with van der Waals surface area (Å²) in [5.74, 6) is -1.45. The van der Waals surface area contributed by atoms with Crippen LogP contribution in [-0.2, 0) is 19.1 Å². The summed E-state index contributed by atoms with van der Waals surface area (Å²) in [6.07, 6.45) is 0. The van der Waals surface area contributed by atoms with Crippen LogP contribution in [0.15, 0.2) is 86.3 Å². The van der Waals surface area contributed by atoms with Gasteiger partial charge in [0.05, 0.1) is 29.6 Å². The number of benzene rings is 2. The number of allylic oxidation sites excluding steroid dienone is 2. The van der Waals surface area contributed by atoms with Gasteiger partial charge in [-0.05, 0) is 58.4 Å². The second kappa shape index (κ2) is 9.49. The number of methoxy groups -OCH3 is 1. The summed E-state index contributed by atoms with van der Waals surface area (Å²) in [7, 11) is 1.30. The Hall–Kier alpha value is -4.13. The Balaban J connectivity index is 1.89. The minimum absolute atomic E-state index is 0.157. The summed E-state index contributed by atoms with van der Waals surface area (Å²) in [6.45, 7) is 8.90. The van der Waals surface area contributed by atoms with Gasteiger partial charge < -0.3 is 19.2 Å². The molecule has 0 fully saturated rings. The number of esters is 2. The second-order valence-corrected chi connectivity index (χ2v) is 9.73. The van der Waals surface area contributed by atoms with Gasteiger partial charge in [-0.15, -0.1) is 0 Å². The fourth-order valence-electron chi connectivity index (χ4n) is 4.43. The number of carbonyl (C=O) groups is 2. The molecule has 1 N–H and O–H groups in total. The fraction of sp³-hybridized carbons (Fsp3) is 0.276. The van der Waals surface area contributed by atoms with Gasteiger partial charge in [-0.2, -0.15) is 0 Å². The van der Waals surface area contributed by atoms with E-state index in [1.54, 1.807) is 65.0 Å². The van der Waals surface area contributed by atoms with Crippen molar-refractivity contribution in [1.82, 2.24) is 5.32 Å². The molecule has 0 saturated carbocycles. The molecule has 36 heavy (non-hydrogen) atoms. The van der Waals surface area contributed by atoms with Crippen LogP contribution in [0.3, 0.4) is 0 Å². The normalized spacial score (nSPS) is 16.1. The Kier molecular flexibility index (Phi) is 6.59. The molecular weight excluding hydrogens is 458 g/mol. The molecule has 1 aromatic heterocycles. The Bertz CT molecular complexity index is 1490. The van der Waals surface area contributed by atoms with Gasteiger partial charge in [0.2, 0.25) is 0 Å². The molecule has 186 valence electrons. The second-order valence-electron chi connectivity index (χ2n) is 9.73. The lowest BCUT2D eigenvalue weighted by atomic mass is 9.80. The first-order valence-corrected chi connectivity index (χ1v) is 11.6. The number of carbonyl (C=O) groups excluding carboxylic acids is 2. The number of fused-ring (bicyclic) bond motifs is 1. The topological polar surface area (TPSA) is 94.8 Å². The Morgan fingerprint density at radius 2 is 1.58 bits per heavy atom. The van der Waals surface area contributed by atoms with Crippen molar-refractivity contribution in [2.75, 3.05) is 7.11 Å². The van der Waals surface area contributed by atoms with Crippen LogP contribution < -0.4 is 10.7 Å². The average molecular weight is 488 g/mol. The fourth-order valence-corrected chi connectivity index (χ4v) is 4.43. The molecule has 7 heteroatoms. The van der Waals surface area contributed by atoms with E-state index in [4.69, 9.17) is 13.9 Å². The van der Waals surface area contributed by atoms with Crippen molar-refractivity contribution in [3.63, 3.8) is 0 Å². The molecule has 1 aliphatic rings. The molecule has 2 heterocycles. The quantitative estimate of drug-likeness (QED) is 0.505. The van der Waals surface area contributed by atoms with E-state index in [2.05, 4.69) is 5.32 Å². The average Bonchev–Trinajstić information content (AvgIpc) is 2.82. The van der Waals surface area contributed by atoms with E-state index in [0.29, 0.717) is 50.4 Å². The summed E-state index contributed by atoms with van der Waals surface area (Å²) in [5.41, 5.74) is 2.67. The van der Waals surface area contributed by atoms with Crippen molar-refractivity contribution in [1.29, 1.82) is 0 Å². The number of dihydropyridines is 1. The number of para-hydroxylation sites is 1. The van der Waals surface area contributed by atoms with E-state index in [0.717, 1.165) is 0 Å². The SMILES string of the molecule is COC(=O)C1=C(C)NC(C)=C(C(=O)OC(C)(C)C)C1c1cccc(-c2cc(=O)c3ccccc3o2)c1. The molecule has 2 aromatic carbocycles. The molecule has 0 radical (unpaired) electrons. The standard InChI is InChI=1S/C29H29NO6/c1-16-24(27(32)34-6)26(25(17(2)30-16)28(33)36-29(3,4)5)19-11-9-10-18(14-19)23-15-21(31)20-12-7-8-13-22(20)35-23/h7-15,26,30H,1-6H3. The van der Waals surface area contributed by atoms with Crippen molar-refractivity contribution in [3.8, 4) is 11.3 Å². The third-order valence-corrected chi connectivity index (χ3v) is 5.92. The third-order valence-electron chi connectivity index (χ3n) is 5.92. The molecule has 0 bridgehead atoms. The molecule has 0 spiro atoms. The maximum absolute atomic E-state index is 13.4. The summed E-state index contributed by atoms with van der Waals surface area (Å²) in [5, 5.41) is 3.63. The molecule has 3 aromatic rings. The molecule has 1 unspecified atom stereocenters. The highest BCUT2D eigenvalue weighted by Gasteiger charge is 2.39. The van der Waals surface area contributed by atoms with Crippen LogP contribution in [-0.4, -0.2) is 24.6 Å². The molecule has 0 amide bonds. The smallest absolute Gasteiger partial charge is 0.337 e. The van der Waals surface area contributed by atoms with Gasteiger partial charge in [0.1, 0.15) is 16.9 Å². The van der Waals surface area contributed by atoms with Crippen molar-refractivity contribution in [2.45, 2.75) is 46.1 Å². The number of nitrogens with one attached hydrogen (secondary N) is 1. The molecule has 7 nitrogen and oxygen atoms in total. The lowest BCUT2D eigenvalue weighted by Crippen LogP contribution is -2.34. The van der Waals surface area contributed by atoms with Gasteiger partial charge in [-0.3, -0.25) is 4.79 Å². The lowest BCUT2D eigenvalue weighted by Gasteiger charge is -2.32. The van der Waals surface area contributed by atoms with Gasteiger partial charge in [-0.25, -0.2) is 9.59 Å². The first kappa shape index (κ1) is 25.0. The summed E-state index contributed by atoms with van der Waals surface area (Å²) in [4.78, 5) is 39.0. The predicted octanol–water partition coefficient (Wildman–Crippen LogP) is 5.21. The van der Waals surface area contributed by atoms with Crippen molar-refractivity contribution >= 4 is 22.9 Å². The molecular formula is C29H29NO6. The van der Waals surface area contributed by atoms with Crippen LogP contribution in [0, 0.1) is 0 Å². The largest absolute Gasteiger partial charge is 0.466 e. The van der Waals surface area contributed by atoms with Gasteiger partial charge in [0.15, 0.2) is 5.43 Å². The van der Waals surface area contributed by atoms with Crippen LogP contribution in [0.2, 0.25) is 0 Å². The van der Waals surface area contributed by atoms with Crippen molar-refractivity contribution in [3.05, 3.63) is 92.9 Å².